The van der Waals surface area contributed by atoms with E-state index in [-0.39, 0.29) is 31.3 Å². The van der Waals surface area contributed by atoms with E-state index in [0.717, 1.165) is 0 Å². The molecule has 0 bridgehead atoms. The number of carboxylic acids is 1. The quantitative estimate of drug-likeness (QED) is 0.575. The predicted molar refractivity (Wildman–Crippen MR) is 56.6 cm³/mol. The van der Waals surface area contributed by atoms with Crippen molar-refractivity contribution in [2.45, 2.75) is 31.9 Å². The van der Waals surface area contributed by atoms with Crippen molar-refractivity contribution in [3.05, 3.63) is 0 Å². The van der Waals surface area contributed by atoms with E-state index < -0.39 is 18.1 Å². The number of likely N-dealkylation sites (tertiary alicyclic amines) is 1. The number of aliphatic hydroxyl groups excluding tert-OH is 1. The van der Waals surface area contributed by atoms with Crippen LogP contribution < -0.4 is 5.73 Å². The molecule has 1 aliphatic heterocycles. The van der Waals surface area contributed by atoms with E-state index in [4.69, 9.17) is 10.8 Å². The molecule has 0 saturated carbocycles. The number of hydrogen-bond donors (Lipinski definition) is 3. The van der Waals surface area contributed by atoms with Gasteiger partial charge in [-0.05, 0) is 6.42 Å². The lowest BCUT2D eigenvalue weighted by Gasteiger charge is -2.25. The molecule has 1 amide bonds. The maximum Gasteiger partial charge on any atom is 0.326 e. The minimum absolute atomic E-state index is 0.0896. The minimum Gasteiger partial charge on any atom is -0.480 e. The van der Waals surface area contributed by atoms with Crippen molar-refractivity contribution in [3.8, 4) is 0 Å². The number of hydrogen-bond acceptors (Lipinski definition) is 4. The molecule has 1 unspecified atom stereocenters. The summed E-state index contributed by atoms with van der Waals surface area (Å²) in [6.45, 7) is 2.12. The highest BCUT2D eigenvalue weighted by Crippen LogP contribution is 2.21. The Balaban J connectivity index is 2.77. The summed E-state index contributed by atoms with van der Waals surface area (Å²) < 4.78 is 0. The zero-order valence-corrected chi connectivity index (χ0v) is 9.30. The summed E-state index contributed by atoms with van der Waals surface area (Å²) in [4.78, 5) is 24.1. The van der Waals surface area contributed by atoms with Crippen LogP contribution in [0.25, 0.3) is 0 Å². The van der Waals surface area contributed by atoms with E-state index in [1.807, 2.05) is 6.92 Å². The molecule has 0 aromatic heterocycles. The number of amides is 1. The van der Waals surface area contributed by atoms with Gasteiger partial charge in [-0.15, -0.1) is 0 Å². The average molecular weight is 230 g/mol. The molecule has 0 aromatic rings. The van der Waals surface area contributed by atoms with Crippen LogP contribution in [0.3, 0.4) is 0 Å². The first-order valence-electron chi connectivity index (χ1n) is 5.42. The third-order valence-electron chi connectivity index (χ3n) is 2.97. The zero-order chi connectivity index (χ0) is 12.3. The van der Waals surface area contributed by atoms with Crippen LogP contribution >= 0.6 is 0 Å². The van der Waals surface area contributed by atoms with Crippen molar-refractivity contribution in [2.75, 3.05) is 13.1 Å². The monoisotopic (exact) mass is 230 g/mol. The van der Waals surface area contributed by atoms with Crippen molar-refractivity contribution in [1.29, 1.82) is 0 Å². The Hall–Kier alpha value is -1.14. The smallest absolute Gasteiger partial charge is 0.326 e. The van der Waals surface area contributed by atoms with E-state index in [0.29, 0.717) is 6.42 Å². The van der Waals surface area contributed by atoms with Crippen LogP contribution in [-0.2, 0) is 9.59 Å². The number of carbonyl (C=O) groups is 2. The van der Waals surface area contributed by atoms with Gasteiger partial charge in [-0.3, -0.25) is 4.79 Å². The molecule has 4 N–H and O–H groups in total. The molecular weight excluding hydrogens is 212 g/mol. The number of nitrogens with two attached hydrogens (primary N) is 1. The van der Waals surface area contributed by atoms with Gasteiger partial charge < -0.3 is 20.8 Å². The van der Waals surface area contributed by atoms with Crippen LogP contribution in [0.5, 0.6) is 0 Å². The highest BCUT2D eigenvalue weighted by Gasteiger charge is 2.40. The van der Waals surface area contributed by atoms with Crippen LogP contribution in [0.4, 0.5) is 0 Å². The summed E-state index contributed by atoms with van der Waals surface area (Å²) >= 11 is 0. The predicted octanol–water partition coefficient (Wildman–Crippen LogP) is -0.982. The molecule has 92 valence electrons. The molecule has 1 fully saturated rings. The Morgan fingerprint density at radius 1 is 1.56 bits per heavy atom. The van der Waals surface area contributed by atoms with Crippen molar-refractivity contribution in [3.63, 3.8) is 0 Å². The Morgan fingerprint density at radius 2 is 2.19 bits per heavy atom. The molecule has 1 rings (SSSR count). The first-order valence-corrected chi connectivity index (χ1v) is 5.42. The standard InChI is InChI=1S/C10H18N2O4/c1-2-6(4-11)9(14)12-5-7(13)3-8(12)10(15)16/h6-8,13H,2-5,11H2,1H3,(H,15,16)/t6?,7-,8-/m1/s1. The van der Waals surface area contributed by atoms with Gasteiger partial charge in [-0.2, -0.15) is 0 Å². The number of carboxylic acid groups (broad SMARTS) is 1. The average Bonchev–Trinajstić information content (AvgIpc) is 2.62. The number of nitrogens with zero attached hydrogens (tertiary/aromatic N) is 1. The van der Waals surface area contributed by atoms with E-state index in [2.05, 4.69) is 0 Å². The molecule has 6 heteroatoms. The van der Waals surface area contributed by atoms with Crippen molar-refractivity contribution in [2.24, 2.45) is 11.7 Å². The van der Waals surface area contributed by atoms with E-state index >= 15 is 0 Å². The lowest BCUT2D eigenvalue weighted by molar-refractivity contribution is -0.149. The molecule has 0 aromatic carbocycles. The lowest BCUT2D eigenvalue weighted by Crippen LogP contribution is -2.45. The number of aliphatic hydroxyl groups is 1. The molecule has 1 saturated heterocycles. The fourth-order valence-electron chi connectivity index (χ4n) is 1.97. The summed E-state index contributed by atoms with van der Waals surface area (Å²) in [6, 6.07) is -0.914. The molecular formula is C10H18N2O4. The Morgan fingerprint density at radius 3 is 2.62 bits per heavy atom. The molecule has 1 aliphatic rings. The van der Waals surface area contributed by atoms with Crippen LogP contribution in [0.15, 0.2) is 0 Å². The molecule has 0 spiro atoms. The third-order valence-corrected chi connectivity index (χ3v) is 2.97. The van der Waals surface area contributed by atoms with Crippen LogP contribution in [0.1, 0.15) is 19.8 Å². The van der Waals surface area contributed by atoms with Gasteiger partial charge in [0.2, 0.25) is 5.91 Å². The van der Waals surface area contributed by atoms with Crippen molar-refractivity contribution < 1.29 is 19.8 Å². The van der Waals surface area contributed by atoms with Crippen LogP contribution in [0, 0.1) is 5.92 Å². The van der Waals surface area contributed by atoms with Gasteiger partial charge in [0.15, 0.2) is 0 Å². The van der Waals surface area contributed by atoms with E-state index in [1.165, 1.54) is 4.90 Å². The largest absolute Gasteiger partial charge is 0.480 e. The Kier molecular flexibility index (Phi) is 4.26. The molecule has 6 nitrogen and oxygen atoms in total. The normalized spacial score (nSPS) is 26.8. The molecule has 0 radical (unpaired) electrons. The topological polar surface area (TPSA) is 104 Å². The molecule has 16 heavy (non-hydrogen) atoms. The summed E-state index contributed by atoms with van der Waals surface area (Å²) in [5.74, 6) is -1.70. The molecule has 1 heterocycles. The maximum absolute atomic E-state index is 11.9. The second kappa shape index (κ2) is 5.27. The first-order chi connectivity index (χ1) is 7.51. The zero-order valence-electron chi connectivity index (χ0n) is 9.30. The fraction of sp³-hybridized carbons (Fsp3) is 0.800. The third kappa shape index (κ3) is 2.51. The second-order valence-electron chi connectivity index (χ2n) is 4.08. The summed E-state index contributed by atoms with van der Waals surface area (Å²) in [5.41, 5.74) is 5.45. The van der Waals surface area contributed by atoms with Gasteiger partial charge in [-0.1, -0.05) is 6.92 Å². The van der Waals surface area contributed by atoms with Gasteiger partial charge in [-0.25, -0.2) is 4.79 Å². The highest BCUT2D eigenvalue weighted by atomic mass is 16.4. The van der Waals surface area contributed by atoms with Gasteiger partial charge in [0.25, 0.3) is 0 Å². The number of β-amino-alcohol motifs (C(OH)–C–C–N with tert-alkyl or cyclic N) is 1. The lowest BCUT2D eigenvalue weighted by atomic mass is 10.0. The fourth-order valence-corrected chi connectivity index (χ4v) is 1.97. The highest BCUT2D eigenvalue weighted by molar-refractivity contribution is 5.86. The van der Waals surface area contributed by atoms with Gasteiger partial charge in [0.05, 0.1) is 12.0 Å². The number of carbonyl (C=O) groups excluding carboxylic acids is 1. The minimum atomic E-state index is -1.07. The van der Waals surface area contributed by atoms with E-state index in [9.17, 15) is 14.7 Å². The summed E-state index contributed by atoms with van der Waals surface area (Å²) in [5, 5.41) is 18.3. The second-order valence-corrected chi connectivity index (χ2v) is 4.08. The number of rotatable bonds is 4. The van der Waals surface area contributed by atoms with Crippen molar-refractivity contribution in [1.82, 2.24) is 4.90 Å². The summed E-state index contributed by atoms with van der Waals surface area (Å²) in [6.07, 6.45) is -0.0728. The molecule has 3 atom stereocenters. The van der Waals surface area contributed by atoms with Crippen LogP contribution in [0.2, 0.25) is 0 Å². The Bertz CT molecular complexity index is 278. The van der Waals surface area contributed by atoms with Crippen LogP contribution in [-0.4, -0.2) is 52.2 Å². The SMILES string of the molecule is CCC(CN)C(=O)N1C[C@H](O)C[C@@H]1C(=O)O. The maximum atomic E-state index is 11.9. The van der Waals surface area contributed by atoms with Gasteiger partial charge >= 0.3 is 5.97 Å². The summed E-state index contributed by atoms with van der Waals surface area (Å²) in [7, 11) is 0. The molecule has 0 aliphatic carbocycles. The first kappa shape index (κ1) is 12.9. The Labute approximate surface area is 94.0 Å². The van der Waals surface area contributed by atoms with Gasteiger partial charge in [0.1, 0.15) is 6.04 Å². The van der Waals surface area contributed by atoms with E-state index in [1.54, 1.807) is 0 Å². The van der Waals surface area contributed by atoms with Gasteiger partial charge in [0, 0.05) is 19.5 Å². The number of aliphatic carboxylic acids is 1. The van der Waals surface area contributed by atoms with Crippen molar-refractivity contribution >= 4 is 11.9 Å².